The van der Waals surface area contributed by atoms with Gasteiger partial charge in [0.15, 0.2) is 17.1 Å². The summed E-state index contributed by atoms with van der Waals surface area (Å²) in [6.45, 7) is 12.8. The molecule has 2 aliphatic heterocycles. The zero-order valence-corrected chi connectivity index (χ0v) is 58.2. The van der Waals surface area contributed by atoms with Crippen LogP contribution in [-0.4, -0.2) is 169 Å². The summed E-state index contributed by atoms with van der Waals surface area (Å²) in [6.07, 6.45) is 4.02. The Morgan fingerprint density at radius 3 is 1.53 bits per heavy atom. The number of aryl methyl sites for hydroxylation is 2. The number of pyridine rings is 4. The van der Waals surface area contributed by atoms with Crippen LogP contribution in [0.5, 0.6) is 11.5 Å². The van der Waals surface area contributed by atoms with Crippen molar-refractivity contribution in [2.75, 3.05) is 101 Å². The average molecular weight is 1500 g/mol. The number of rotatable bonds is 13. The first-order valence-electron chi connectivity index (χ1n) is 27.1. The normalized spacial score (nSPS) is 12.7. The maximum absolute atomic E-state index is 13.8. The SMILES string of the molecule is C.C.CCCNC(=O)c1c(O)c2ncc(Cc3ccc(F)cc3C(=O)[N-]C)cc2n(C)c1=O.CCOC(=O)c1c(OC(=O)c2ccccc2)c2ncc(Cc3ccc(F)cc3C(=O)[N-]C)cc2n(C)c1=O.CN1CCN(C)CC1.CN1CCOCC1.I.[Y].[Y]. The van der Waals surface area contributed by atoms with Crippen LogP contribution in [0.2, 0.25) is 0 Å². The maximum Gasteiger partial charge on any atom is 0.347 e. The van der Waals surface area contributed by atoms with Crippen LogP contribution in [0.1, 0.15) is 109 Å². The zero-order valence-electron chi connectivity index (χ0n) is 50.2. The number of hydrogen-bond acceptors (Lipinski definition) is 16. The number of benzene rings is 3. The second-order valence-electron chi connectivity index (χ2n) is 19.8. The molecule has 2 radical (unpaired) electrons. The second kappa shape index (κ2) is 39.4. The standard InChI is InChI=1S/C28H24FN3O6.C22H23FN4O4.C6H14N2.C5H11NO.2CH4.HI.2Y/c1-4-37-28(36)22-24(38-27(35)17-8-6-5-7-9-17)23-21(32(3)26(22)34)13-16(15-31-23)12-18-10-11-19(29)14-20(18)25(33)30-2;1-4-7-25-21(30)17-19(28)18-16(27(3)22(17)31)9-12(11-26-18)8-13-5-6-14(23)10-15(13)20(29)24-2;1-7-3-5-8(2)6-4-7;1-6-2-4-7-5-3-6;;;;;/h5-11,13-15H,4,12H2,1-3H3,(H,30,33);5-6,9-11H,4,7-8H2,1-3H3,(H3,24,25,28,29,30,31);3-6H2,1-2H3;2-5H2,1H3;2*1H4;1H;;/p-2. The quantitative estimate of drug-likeness (QED) is 0.0810. The molecular weight excluding hydrogens is 1420 g/mol. The van der Waals surface area contributed by atoms with Crippen molar-refractivity contribution in [1.82, 2.24) is 39.1 Å². The van der Waals surface area contributed by atoms with Crippen molar-refractivity contribution in [3.63, 3.8) is 0 Å². The van der Waals surface area contributed by atoms with Crippen molar-refractivity contribution in [3.8, 4) is 11.5 Å². The third kappa shape index (κ3) is 21.9. The molecular formula is C63H79F2IN10O11Y2-2. The Morgan fingerprint density at radius 2 is 1.09 bits per heavy atom. The smallest absolute Gasteiger partial charge is 0.347 e. The molecule has 89 heavy (non-hydrogen) atoms. The van der Waals surface area contributed by atoms with Crippen molar-refractivity contribution in [3.05, 3.63) is 184 Å². The van der Waals surface area contributed by atoms with Crippen LogP contribution in [0.15, 0.2) is 101 Å². The molecule has 9 rings (SSSR count). The van der Waals surface area contributed by atoms with Crippen molar-refractivity contribution >= 4 is 75.7 Å². The number of piperazine rings is 1. The molecule has 3 aromatic carbocycles. The predicted octanol–water partition coefficient (Wildman–Crippen LogP) is 8.55. The van der Waals surface area contributed by atoms with Crippen LogP contribution >= 0.6 is 24.0 Å². The van der Waals surface area contributed by atoms with E-state index in [1.807, 2.05) is 6.92 Å². The van der Waals surface area contributed by atoms with Crippen LogP contribution in [0.4, 0.5) is 8.78 Å². The summed E-state index contributed by atoms with van der Waals surface area (Å²) >= 11 is 0. The van der Waals surface area contributed by atoms with Gasteiger partial charge < -0.3 is 68.7 Å². The van der Waals surface area contributed by atoms with Crippen molar-refractivity contribution in [2.45, 2.75) is 48.0 Å². The number of hydrogen-bond donors (Lipinski definition) is 2. The average Bonchev–Trinajstić information content (AvgIpc) is 0.937. The summed E-state index contributed by atoms with van der Waals surface area (Å²) in [5.74, 6) is -5.44. The van der Waals surface area contributed by atoms with Crippen molar-refractivity contribution < 1.29 is 117 Å². The largest absolute Gasteiger partial charge is 0.652 e. The Hall–Kier alpha value is -5.83. The molecule has 2 N–H and O–H groups in total. The van der Waals surface area contributed by atoms with Crippen molar-refractivity contribution in [2.24, 2.45) is 14.1 Å². The van der Waals surface area contributed by atoms with Gasteiger partial charge in [-0.1, -0.05) is 52.1 Å². The molecule has 26 heteroatoms. The molecule has 0 spiro atoms. The number of ether oxygens (including phenoxy) is 3. The van der Waals surface area contributed by atoms with Gasteiger partial charge in [0.1, 0.15) is 28.2 Å². The summed E-state index contributed by atoms with van der Waals surface area (Å²) in [7, 11) is 12.0. The molecule has 476 valence electrons. The first-order chi connectivity index (χ1) is 40.2. The number of aromatic hydroxyl groups is 1. The van der Waals surface area contributed by atoms with Gasteiger partial charge in [0.25, 0.3) is 17.0 Å². The van der Waals surface area contributed by atoms with E-state index >= 15 is 0 Å². The summed E-state index contributed by atoms with van der Waals surface area (Å²) in [5, 5.41) is 20.4. The van der Waals surface area contributed by atoms with Crippen LogP contribution in [-0.2, 0) is 102 Å². The Morgan fingerprint density at radius 1 is 0.640 bits per heavy atom. The van der Waals surface area contributed by atoms with E-state index in [2.05, 4.69) is 61.8 Å². The molecule has 0 unspecified atom stereocenters. The summed E-state index contributed by atoms with van der Waals surface area (Å²) in [5.41, 5.74) is 1.28. The maximum atomic E-state index is 13.8. The third-order valence-corrected chi connectivity index (χ3v) is 13.7. The fourth-order valence-corrected chi connectivity index (χ4v) is 8.83. The van der Waals surface area contributed by atoms with E-state index in [0.717, 1.165) is 38.4 Å². The van der Waals surface area contributed by atoms with Gasteiger partial charge in [0, 0.05) is 149 Å². The van der Waals surface area contributed by atoms with Gasteiger partial charge in [-0.2, -0.15) is 0 Å². The molecule has 0 saturated carbocycles. The molecule has 6 heterocycles. The number of amides is 3. The molecule has 2 fully saturated rings. The molecule has 7 aromatic rings. The minimum Gasteiger partial charge on any atom is -0.652 e. The number of nitrogens with one attached hydrogen (secondary N) is 1. The van der Waals surface area contributed by atoms with E-state index in [9.17, 15) is 47.4 Å². The molecule has 0 aliphatic carbocycles. The van der Waals surface area contributed by atoms with Gasteiger partial charge in [-0.25, -0.2) is 18.4 Å². The molecule has 3 amide bonds. The van der Waals surface area contributed by atoms with Gasteiger partial charge in [0.2, 0.25) is 0 Å². The minimum atomic E-state index is -0.950. The first kappa shape index (κ1) is 81.2. The predicted molar refractivity (Wildman–Crippen MR) is 343 cm³/mol. The van der Waals surface area contributed by atoms with Crippen LogP contribution in [0.3, 0.4) is 0 Å². The van der Waals surface area contributed by atoms with E-state index in [0.29, 0.717) is 40.7 Å². The Balaban J connectivity index is 0.000000693. The number of esters is 2. The van der Waals surface area contributed by atoms with Gasteiger partial charge in [-0.05, 0) is 118 Å². The second-order valence-corrected chi connectivity index (χ2v) is 19.8. The number of fused-ring (bicyclic) bond motifs is 2. The molecule has 0 atom stereocenters. The van der Waals surface area contributed by atoms with Gasteiger partial charge in [-0.15, -0.1) is 38.1 Å². The fraction of sp³-hybridized carbons (Fsp3) is 0.381. The summed E-state index contributed by atoms with van der Waals surface area (Å²) < 4.78 is 45.6. The Labute approximate surface area is 585 Å². The third-order valence-electron chi connectivity index (χ3n) is 13.7. The Kier molecular flexibility index (Phi) is 36.0. The summed E-state index contributed by atoms with van der Waals surface area (Å²) in [4.78, 5) is 104. The zero-order chi connectivity index (χ0) is 61.2. The number of likely N-dealkylation sites (N-methyl/N-ethyl adjacent to an activating group) is 3. The van der Waals surface area contributed by atoms with Gasteiger partial charge in [0.05, 0.1) is 48.2 Å². The summed E-state index contributed by atoms with van der Waals surface area (Å²) in [6, 6.07) is 19.1. The van der Waals surface area contributed by atoms with Gasteiger partial charge >= 0.3 is 11.9 Å². The van der Waals surface area contributed by atoms with Crippen LogP contribution < -0.4 is 21.2 Å². The van der Waals surface area contributed by atoms with Crippen molar-refractivity contribution in [1.29, 1.82) is 0 Å². The number of morpholine rings is 1. The number of carbonyl (C=O) groups excluding carboxylic acids is 5. The van der Waals surface area contributed by atoms with Crippen LogP contribution in [0.25, 0.3) is 32.7 Å². The van der Waals surface area contributed by atoms with E-state index in [4.69, 9.17) is 14.2 Å². The molecule has 21 nitrogen and oxygen atoms in total. The number of carbonyl (C=O) groups is 5. The van der Waals surface area contributed by atoms with E-state index in [1.54, 1.807) is 37.3 Å². The van der Waals surface area contributed by atoms with E-state index < -0.39 is 63.7 Å². The van der Waals surface area contributed by atoms with E-state index in [1.165, 1.54) is 112 Å². The number of halogens is 3. The molecule has 0 bridgehead atoms. The number of nitrogens with zero attached hydrogens (tertiary/aromatic N) is 9. The van der Waals surface area contributed by atoms with Crippen LogP contribution in [0, 0.1) is 11.6 Å². The minimum absolute atomic E-state index is 0. The van der Waals surface area contributed by atoms with Gasteiger partial charge in [-0.3, -0.25) is 24.4 Å². The molecule has 4 aromatic heterocycles. The fourth-order valence-electron chi connectivity index (χ4n) is 8.83. The number of aromatic nitrogens is 4. The topological polar surface area (TPSA) is 253 Å². The van der Waals surface area contributed by atoms with E-state index in [-0.39, 0.29) is 168 Å². The molecule has 2 saturated heterocycles. The Bertz CT molecular complexity index is 3630. The monoisotopic (exact) mass is 1490 g/mol. The molecule has 2 aliphatic rings. The first-order valence-corrected chi connectivity index (χ1v) is 27.1.